The molecule has 4 nitrogen and oxygen atoms in total. The Morgan fingerprint density at radius 2 is 1.87 bits per heavy atom. The van der Waals surface area contributed by atoms with Gasteiger partial charge in [0.2, 0.25) is 0 Å². The number of amides is 1. The first kappa shape index (κ1) is 16.0. The average molecular weight is 330 g/mol. The van der Waals surface area contributed by atoms with Gasteiger partial charge in [-0.1, -0.05) is 31.0 Å². The van der Waals surface area contributed by atoms with Crippen LogP contribution in [-0.4, -0.2) is 28.9 Å². The summed E-state index contributed by atoms with van der Waals surface area (Å²) in [7, 11) is 0. The van der Waals surface area contributed by atoms with Crippen molar-refractivity contribution in [1.82, 2.24) is 9.88 Å². The van der Waals surface area contributed by atoms with Crippen LogP contribution in [0, 0.1) is 6.92 Å². The van der Waals surface area contributed by atoms with Gasteiger partial charge in [-0.05, 0) is 31.9 Å². The molecular formula is C18H22N2O2S. The molecule has 23 heavy (non-hydrogen) atoms. The van der Waals surface area contributed by atoms with E-state index in [4.69, 9.17) is 4.74 Å². The molecule has 0 radical (unpaired) electrons. The molecule has 2 heterocycles. The quantitative estimate of drug-likeness (QED) is 0.849. The van der Waals surface area contributed by atoms with Crippen molar-refractivity contribution < 1.29 is 9.53 Å². The maximum atomic E-state index is 12.7. The second-order valence-corrected chi connectivity index (χ2v) is 6.91. The number of para-hydroxylation sites is 1. The Balaban J connectivity index is 1.66. The number of hydrogen-bond acceptors (Lipinski definition) is 4. The molecule has 3 rings (SSSR count). The van der Waals surface area contributed by atoms with Crippen LogP contribution in [0.1, 0.15) is 46.1 Å². The van der Waals surface area contributed by atoms with Crippen molar-refractivity contribution in [2.75, 3.05) is 13.1 Å². The van der Waals surface area contributed by atoms with E-state index in [1.54, 1.807) is 0 Å². The zero-order chi connectivity index (χ0) is 16.1. The highest BCUT2D eigenvalue weighted by Crippen LogP contribution is 2.23. The Hall–Kier alpha value is -1.88. The molecule has 122 valence electrons. The minimum atomic E-state index is 0.132. The standard InChI is InChI=1S/C18H22N2O2S/c1-14-17(18(21)20-11-7-2-3-8-12-20)23-16(19-14)13-22-15-9-5-4-6-10-15/h4-6,9-10H,2-3,7-8,11-13H2,1H3. The fraction of sp³-hybridized carbons (Fsp3) is 0.444. The van der Waals surface area contributed by atoms with Crippen LogP contribution in [-0.2, 0) is 6.61 Å². The summed E-state index contributed by atoms with van der Waals surface area (Å²) in [6.45, 7) is 4.05. The van der Waals surface area contributed by atoms with E-state index in [-0.39, 0.29) is 5.91 Å². The van der Waals surface area contributed by atoms with Gasteiger partial charge in [0.25, 0.3) is 5.91 Å². The molecular weight excluding hydrogens is 308 g/mol. The van der Waals surface area contributed by atoms with Gasteiger partial charge >= 0.3 is 0 Å². The number of carbonyl (C=O) groups is 1. The molecule has 1 amide bonds. The minimum Gasteiger partial charge on any atom is -0.486 e. The molecule has 0 bridgehead atoms. The van der Waals surface area contributed by atoms with Crippen LogP contribution in [0.5, 0.6) is 5.75 Å². The van der Waals surface area contributed by atoms with Crippen LogP contribution >= 0.6 is 11.3 Å². The number of nitrogens with zero attached hydrogens (tertiary/aromatic N) is 2. The largest absolute Gasteiger partial charge is 0.486 e. The molecule has 0 spiro atoms. The predicted octanol–water partition coefficient (Wildman–Crippen LogP) is 4.05. The van der Waals surface area contributed by atoms with Gasteiger partial charge in [0.15, 0.2) is 0 Å². The van der Waals surface area contributed by atoms with E-state index in [0.29, 0.717) is 6.61 Å². The fourth-order valence-electron chi connectivity index (χ4n) is 2.79. The van der Waals surface area contributed by atoms with Gasteiger partial charge in [0.05, 0.1) is 5.69 Å². The molecule has 2 aromatic rings. The van der Waals surface area contributed by atoms with Crippen LogP contribution < -0.4 is 4.74 Å². The number of aryl methyl sites for hydroxylation is 1. The van der Waals surface area contributed by atoms with Gasteiger partial charge in [0, 0.05) is 13.1 Å². The Bertz CT molecular complexity index is 646. The molecule has 0 aliphatic carbocycles. The molecule has 1 aromatic heterocycles. The second-order valence-electron chi connectivity index (χ2n) is 5.83. The van der Waals surface area contributed by atoms with E-state index in [0.717, 1.165) is 47.3 Å². The molecule has 1 fully saturated rings. The lowest BCUT2D eigenvalue weighted by atomic mass is 10.2. The Kier molecular flexibility index (Phi) is 5.28. The molecule has 0 atom stereocenters. The lowest BCUT2D eigenvalue weighted by Gasteiger charge is -2.19. The van der Waals surface area contributed by atoms with Gasteiger partial charge in [-0.15, -0.1) is 11.3 Å². The van der Waals surface area contributed by atoms with Crippen LogP contribution in [0.15, 0.2) is 30.3 Å². The van der Waals surface area contributed by atoms with E-state index in [9.17, 15) is 4.79 Å². The number of aromatic nitrogens is 1. The fourth-order valence-corrected chi connectivity index (χ4v) is 3.74. The molecule has 1 aliphatic heterocycles. The van der Waals surface area contributed by atoms with E-state index in [1.807, 2.05) is 42.2 Å². The first-order chi connectivity index (χ1) is 11.2. The predicted molar refractivity (Wildman–Crippen MR) is 92.0 cm³/mol. The number of rotatable bonds is 4. The monoisotopic (exact) mass is 330 g/mol. The van der Waals surface area contributed by atoms with Crippen LogP contribution in [0.3, 0.4) is 0 Å². The Morgan fingerprint density at radius 3 is 2.57 bits per heavy atom. The third-order valence-electron chi connectivity index (χ3n) is 4.03. The zero-order valence-electron chi connectivity index (χ0n) is 13.5. The van der Waals surface area contributed by atoms with Crippen molar-refractivity contribution in [3.8, 4) is 5.75 Å². The Labute approximate surface area is 141 Å². The summed E-state index contributed by atoms with van der Waals surface area (Å²) >= 11 is 1.46. The van der Waals surface area contributed by atoms with E-state index < -0.39 is 0 Å². The highest BCUT2D eigenvalue weighted by molar-refractivity contribution is 7.13. The first-order valence-corrected chi connectivity index (χ1v) is 8.99. The van der Waals surface area contributed by atoms with Crippen molar-refractivity contribution in [3.63, 3.8) is 0 Å². The molecule has 0 N–H and O–H groups in total. The van der Waals surface area contributed by atoms with Crippen molar-refractivity contribution in [2.45, 2.75) is 39.2 Å². The van der Waals surface area contributed by atoms with E-state index in [1.165, 1.54) is 24.2 Å². The molecule has 0 saturated carbocycles. The van der Waals surface area contributed by atoms with Crippen molar-refractivity contribution >= 4 is 17.2 Å². The molecule has 1 aromatic carbocycles. The zero-order valence-corrected chi connectivity index (χ0v) is 14.3. The smallest absolute Gasteiger partial charge is 0.265 e. The summed E-state index contributed by atoms with van der Waals surface area (Å²) in [5, 5.41) is 0.851. The highest BCUT2D eigenvalue weighted by atomic mass is 32.1. The van der Waals surface area contributed by atoms with Gasteiger partial charge in [-0.25, -0.2) is 4.98 Å². The third kappa shape index (κ3) is 4.10. The molecule has 0 unspecified atom stereocenters. The number of ether oxygens (including phenoxy) is 1. The van der Waals surface area contributed by atoms with Gasteiger partial charge in [0.1, 0.15) is 22.2 Å². The highest BCUT2D eigenvalue weighted by Gasteiger charge is 2.22. The molecule has 5 heteroatoms. The van der Waals surface area contributed by atoms with Gasteiger partial charge in [-0.2, -0.15) is 0 Å². The van der Waals surface area contributed by atoms with Crippen LogP contribution in [0.2, 0.25) is 0 Å². The number of thiazole rings is 1. The summed E-state index contributed by atoms with van der Waals surface area (Å²) in [4.78, 5) is 20.0. The SMILES string of the molecule is Cc1nc(COc2ccccc2)sc1C(=O)N1CCCCCC1. The van der Waals surface area contributed by atoms with E-state index >= 15 is 0 Å². The van der Waals surface area contributed by atoms with Crippen LogP contribution in [0.25, 0.3) is 0 Å². The summed E-state index contributed by atoms with van der Waals surface area (Å²) < 4.78 is 5.73. The topological polar surface area (TPSA) is 42.4 Å². The lowest BCUT2D eigenvalue weighted by Crippen LogP contribution is -2.31. The normalized spacial score (nSPS) is 15.3. The summed E-state index contributed by atoms with van der Waals surface area (Å²) in [5.41, 5.74) is 0.816. The minimum absolute atomic E-state index is 0.132. The van der Waals surface area contributed by atoms with Crippen molar-refractivity contribution in [3.05, 3.63) is 45.9 Å². The third-order valence-corrected chi connectivity index (χ3v) is 5.15. The maximum absolute atomic E-state index is 12.7. The van der Waals surface area contributed by atoms with Gasteiger partial charge in [-0.3, -0.25) is 4.79 Å². The lowest BCUT2D eigenvalue weighted by molar-refractivity contribution is 0.0765. The van der Waals surface area contributed by atoms with Gasteiger partial charge < -0.3 is 9.64 Å². The number of likely N-dealkylation sites (tertiary alicyclic amines) is 1. The van der Waals surface area contributed by atoms with Crippen molar-refractivity contribution in [1.29, 1.82) is 0 Å². The maximum Gasteiger partial charge on any atom is 0.265 e. The second kappa shape index (κ2) is 7.59. The Morgan fingerprint density at radius 1 is 1.17 bits per heavy atom. The van der Waals surface area contributed by atoms with E-state index in [2.05, 4.69) is 4.98 Å². The molecule has 1 aliphatic rings. The van der Waals surface area contributed by atoms with Crippen molar-refractivity contribution in [2.24, 2.45) is 0 Å². The molecule has 1 saturated heterocycles. The summed E-state index contributed by atoms with van der Waals surface area (Å²) in [6.07, 6.45) is 4.66. The first-order valence-electron chi connectivity index (χ1n) is 8.17. The number of carbonyl (C=O) groups excluding carboxylic acids is 1. The van der Waals surface area contributed by atoms with Crippen LogP contribution in [0.4, 0.5) is 0 Å². The number of hydrogen-bond donors (Lipinski definition) is 0. The average Bonchev–Trinajstić information content (AvgIpc) is 2.78. The summed E-state index contributed by atoms with van der Waals surface area (Å²) in [6, 6.07) is 9.68. The number of benzene rings is 1. The summed E-state index contributed by atoms with van der Waals surface area (Å²) in [5.74, 6) is 0.952.